The Balaban J connectivity index is 2.40. The average Bonchev–Trinajstić information content (AvgIpc) is 2.77. The van der Waals surface area contributed by atoms with Crippen LogP contribution >= 0.6 is 0 Å². The van der Waals surface area contributed by atoms with Crippen LogP contribution in [0.4, 0.5) is 5.82 Å². The smallest absolute Gasteiger partial charge is 0.147 e. The van der Waals surface area contributed by atoms with Crippen molar-refractivity contribution in [3.8, 4) is 6.07 Å². The molecule has 0 aromatic carbocycles. The lowest BCUT2D eigenvalue weighted by atomic mass is 10.0. The first-order chi connectivity index (χ1) is 8.15. The molecule has 1 aromatic heterocycles. The van der Waals surface area contributed by atoms with Crippen LogP contribution < -0.4 is 4.90 Å². The number of pyridine rings is 1. The molecule has 0 bridgehead atoms. The molecule has 1 atom stereocenters. The van der Waals surface area contributed by atoms with Gasteiger partial charge >= 0.3 is 0 Å². The minimum atomic E-state index is 0.524. The molecule has 0 amide bonds. The highest BCUT2D eigenvalue weighted by atomic mass is 15.2. The maximum atomic E-state index is 9.27. The number of anilines is 1. The SMILES string of the molecule is Cc1ccnc(N2CCCC2C(C)C)c1C#N. The van der Waals surface area contributed by atoms with Crippen molar-refractivity contribution in [3.05, 3.63) is 23.4 Å². The van der Waals surface area contributed by atoms with Crippen LogP contribution in [0.2, 0.25) is 0 Å². The number of nitriles is 1. The molecule has 0 N–H and O–H groups in total. The quantitative estimate of drug-likeness (QED) is 0.783. The molecule has 0 spiro atoms. The summed E-state index contributed by atoms with van der Waals surface area (Å²) in [6.07, 6.45) is 4.21. The molecule has 3 nitrogen and oxygen atoms in total. The summed E-state index contributed by atoms with van der Waals surface area (Å²) in [4.78, 5) is 6.74. The Morgan fingerprint density at radius 1 is 1.53 bits per heavy atom. The zero-order valence-corrected chi connectivity index (χ0v) is 10.8. The maximum Gasteiger partial charge on any atom is 0.147 e. The summed E-state index contributed by atoms with van der Waals surface area (Å²) in [5.74, 6) is 1.48. The van der Waals surface area contributed by atoms with E-state index in [4.69, 9.17) is 0 Å². The number of aryl methyl sites for hydroxylation is 1. The summed E-state index contributed by atoms with van der Waals surface area (Å²) in [6, 6.07) is 4.73. The van der Waals surface area contributed by atoms with E-state index < -0.39 is 0 Å². The molecule has 90 valence electrons. The molecule has 17 heavy (non-hydrogen) atoms. The minimum absolute atomic E-state index is 0.524. The zero-order chi connectivity index (χ0) is 12.4. The van der Waals surface area contributed by atoms with Gasteiger partial charge in [-0.3, -0.25) is 0 Å². The van der Waals surface area contributed by atoms with E-state index in [9.17, 15) is 5.26 Å². The van der Waals surface area contributed by atoms with Gasteiger partial charge in [0.05, 0.1) is 5.56 Å². The molecule has 1 unspecified atom stereocenters. The molecule has 3 heteroatoms. The van der Waals surface area contributed by atoms with Gasteiger partial charge in [-0.15, -0.1) is 0 Å². The van der Waals surface area contributed by atoms with Crippen molar-refractivity contribution < 1.29 is 0 Å². The summed E-state index contributed by atoms with van der Waals surface area (Å²) in [7, 11) is 0. The van der Waals surface area contributed by atoms with Gasteiger partial charge in [0.25, 0.3) is 0 Å². The van der Waals surface area contributed by atoms with Crippen LogP contribution in [0.3, 0.4) is 0 Å². The predicted molar refractivity (Wildman–Crippen MR) is 68.9 cm³/mol. The summed E-state index contributed by atoms with van der Waals surface area (Å²) < 4.78 is 0. The molecule has 2 rings (SSSR count). The molecule has 0 saturated carbocycles. The molecule has 0 aliphatic carbocycles. The first kappa shape index (κ1) is 11.9. The molecule has 1 fully saturated rings. The van der Waals surface area contributed by atoms with Gasteiger partial charge in [0.1, 0.15) is 11.9 Å². The zero-order valence-electron chi connectivity index (χ0n) is 10.8. The van der Waals surface area contributed by atoms with Crippen molar-refractivity contribution >= 4 is 5.82 Å². The molecule has 2 heterocycles. The Labute approximate surface area is 103 Å². The van der Waals surface area contributed by atoms with Gasteiger partial charge in [-0.2, -0.15) is 5.26 Å². The Morgan fingerprint density at radius 2 is 2.29 bits per heavy atom. The summed E-state index contributed by atoms with van der Waals surface area (Å²) in [5, 5.41) is 9.27. The van der Waals surface area contributed by atoms with Gasteiger partial charge in [0.2, 0.25) is 0 Å². The third kappa shape index (κ3) is 2.12. The van der Waals surface area contributed by atoms with E-state index in [1.54, 1.807) is 6.20 Å². The Kier molecular flexibility index (Phi) is 3.33. The van der Waals surface area contributed by atoms with Crippen molar-refractivity contribution in [2.75, 3.05) is 11.4 Å². The van der Waals surface area contributed by atoms with Crippen LogP contribution in [0, 0.1) is 24.2 Å². The number of aromatic nitrogens is 1. The van der Waals surface area contributed by atoms with Crippen LogP contribution in [0.25, 0.3) is 0 Å². The third-order valence-corrected chi connectivity index (χ3v) is 3.59. The summed E-state index contributed by atoms with van der Waals surface area (Å²) in [5.41, 5.74) is 1.76. The number of nitrogens with zero attached hydrogens (tertiary/aromatic N) is 3. The van der Waals surface area contributed by atoms with Crippen LogP contribution in [-0.2, 0) is 0 Å². The first-order valence-electron chi connectivity index (χ1n) is 6.27. The van der Waals surface area contributed by atoms with E-state index in [1.165, 1.54) is 12.8 Å². The average molecular weight is 229 g/mol. The van der Waals surface area contributed by atoms with Crippen LogP contribution in [0.15, 0.2) is 12.3 Å². The highest BCUT2D eigenvalue weighted by molar-refractivity contribution is 5.58. The fraction of sp³-hybridized carbons (Fsp3) is 0.571. The van der Waals surface area contributed by atoms with Gasteiger partial charge < -0.3 is 4.90 Å². The van der Waals surface area contributed by atoms with Crippen molar-refractivity contribution in [3.63, 3.8) is 0 Å². The van der Waals surface area contributed by atoms with E-state index >= 15 is 0 Å². The van der Waals surface area contributed by atoms with Gasteiger partial charge in [-0.1, -0.05) is 13.8 Å². The van der Waals surface area contributed by atoms with Gasteiger partial charge in [-0.05, 0) is 37.3 Å². The largest absolute Gasteiger partial charge is 0.352 e. The first-order valence-corrected chi connectivity index (χ1v) is 6.27. The molecular formula is C14H19N3. The Morgan fingerprint density at radius 3 is 2.94 bits per heavy atom. The van der Waals surface area contributed by atoms with E-state index in [-0.39, 0.29) is 0 Å². The lowest BCUT2D eigenvalue weighted by Crippen LogP contribution is -2.34. The molecule has 0 radical (unpaired) electrons. The van der Waals surface area contributed by atoms with E-state index in [0.717, 1.165) is 23.5 Å². The Bertz CT molecular complexity index is 445. The maximum absolute atomic E-state index is 9.27. The number of rotatable bonds is 2. The van der Waals surface area contributed by atoms with Crippen LogP contribution in [0.5, 0.6) is 0 Å². The lowest BCUT2D eigenvalue weighted by Gasteiger charge is -2.29. The number of hydrogen-bond donors (Lipinski definition) is 0. The fourth-order valence-electron chi connectivity index (χ4n) is 2.65. The predicted octanol–water partition coefficient (Wildman–Crippen LogP) is 2.89. The molecule has 1 aromatic rings. The van der Waals surface area contributed by atoms with E-state index in [0.29, 0.717) is 12.0 Å². The third-order valence-electron chi connectivity index (χ3n) is 3.59. The topological polar surface area (TPSA) is 39.9 Å². The monoisotopic (exact) mass is 229 g/mol. The van der Waals surface area contributed by atoms with Crippen LogP contribution in [0.1, 0.15) is 37.8 Å². The normalized spacial score (nSPS) is 19.7. The van der Waals surface area contributed by atoms with Gasteiger partial charge in [0.15, 0.2) is 0 Å². The second kappa shape index (κ2) is 4.75. The van der Waals surface area contributed by atoms with Crippen molar-refractivity contribution in [2.45, 2.75) is 39.7 Å². The standard InChI is InChI=1S/C14H19N3/c1-10(2)13-5-4-8-17(13)14-12(9-15)11(3)6-7-16-14/h6-7,10,13H,4-5,8H2,1-3H3. The van der Waals surface area contributed by atoms with E-state index in [1.807, 2.05) is 13.0 Å². The van der Waals surface area contributed by atoms with Crippen molar-refractivity contribution in [1.29, 1.82) is 5.26 Å². The van der Waals surface area contributed by atoms with Gasteiger partial charge in [-0.25, -0.2) is 4.98 Å². The summed E-state index contributed by atoms with van der Waals surface area (Å²) >= 11 is 0. The highest BCUT2D eigenvalue weighted by Crippen LogP contribution is 2.31. The second-order valence-electron chi connectivity index (χ2n) is 5.09. The fourth-order valence-corrected chi connectivity index (χ4v) is 2.65. The summed E-state index contributed by atoms with van der Waals surface area (Å²) in [6.45, 7) is 7.48. The minimum Gasteiger partial charge on any atom is -0.352 e. The van der Waals surface area contributed by atoms with Crippen molar-refractivity contribution in [1.82, 2.24) is 4.98 Å². The highest BCUT2D eigenvalue weighted by Gasteiger charge is 2.29. The lowest BCUT2D eigenvalue weighted by molar-refractivity contribution is 0.489. The van der Waals surface area contributed by atoms with Crippen molar-refractivity contribution in [2.24, 2.45) is 5.92 Å². The second-order valence-corrected chi connectivity index (χ2v) is 5.09. The van der Waals surface area contributed by atoms with Crippen LogP contribution in [-0.4, -0.2) is 17.6 Å². The number of hydrogen-bond acceptors (Lipinski definition) is 3. The molecule has 1 saturated heterocycles. The molecule has 1 aliphatic heterocycles. The molecular weight excluding hydrogens is 210 g/mol. The van der Waals surface area contributed by atoms with E-state index in [2.05, 4.69) is 29.8 Å². The van der Waals surface area contributed by atoms with Gasteiger partial charge in [0, 0.05) is 18.8 Å². The Hall–Kier alpha value is -1.56. The molecule has 1 aliphatic rings.